The van der Waals surface area contributed by atoms with Crippen molar-refractivity contribution >= 4 is 0 Å². The van der Waals surface area contributed by atoms with Gasteiger partial charge in [0.1, 0.15) is 0 Å². The molecule has 0 atom stereocenters. The van der Waals surface area contributed by atoms with Gasteiger partial charge in [0, 0.05) is 105 Å². The molecule has 0 aromatic rings. The van der Waals surface area contributed by atoms with E-state index in [4.69, 9.17) is 9.47 Å². The van der Waals surface area contributed by atoms with Crippen LogP contribution in [0.3, 0.4) is 0 Å². The molecule has 49 valence electrons. The summed E-state index contributed by atoms with van der Waals surface area (Å²) in [6.07, 6.45) is 0. The molecule has 0 unspecified atom stereocenters. The van der Waals surface area contributed by atoms with E-state index in [0.29, 0.717) is 0 Å². The molecular weight excluding hydrogens is 359 g/mol. The van der Waals surface area contributed by atoms with E-state index >= 15 is 0 Å². The van der Waals surface area contributed by atoms with Crippen molar-refractivity contribution in [1.29, 1.82) is 0 Å². The van der Waals surface area contributed by atoms with Crippen LogP contribution in [0.1, 0.15) is 13.8 Å². The minimum absolute atomic E-state index is 0. The number of allylic oxidation sites excluding steroid dienone is 2. The van der Waals surface area contributed by atoms with Crippen molar-refractivity contribution < 1.29 is 108 Å². The van der Waals surface area contributed by atoms with Crippen LogP contribution >= 0.6 is 0 Å². The van der Waals surface area contributed by atoms with Crippen molar-refractivity contribution in [2.75, 3.05) is 0 Å². The summed E-state index contributed by atoms with van der Waals surface area (Å²) >= 11 is 0. The van der Waals surface area contributed by atoms with Crippen molar-refractivity contribution in [3.63, 3.8) is 0 Å². The van der Waals surface area contributed by atoms with Crippen molar-refractivity contribution in [1.82, 2.24) is 0 Å². The smallest absolute Gasteiger partial charge is 0.0959 e. The van der Waals surface area contributed by atoms with Crippen molar-refractivity contribution in [3.8, 4) is 0 Å². The molecule has 0 bridgehead atoms. The summed E-state index contributed by atoms with van der Waals surface area (Å²) in [5.74, 6) is 1.69. The molecular formula is C5H7O2Y3-. The topological polar surface area (TPSA) is 18.5 Å². The Morgan fingerprint density at radius 1 is 0.900 bits per heavy atom. The van der Waals surface area contributed by atoms with Gasteiger partial charge in [-0.15, -0.1) is 0 Å². The largest absolute Gasteiger partial charge is 0.623 e. The molecule has 5 heteroatoms. The van der Waals surface area contributed by atoms with E-state index in [0.717, 1.165) is 11.5 Å². The number of ether oxygens (including phenoxy) is 2. The van der Waals surface area contributed by atoms with Crippen LogP contribution in [0.5, 0.6) is 0 Å². The molecule has 2 nitrogen and oxygen atoms in total. The zero-order chi connectivity index (χ0) is 5.28. The van der Waals surface area contributed by atoms with Crippen LogP contribution in [0.15, 0.2) is 11.5 Å². The zero-order valence-electron chi connectivity index (χ0n) is 6.13. The summed E-state index contributed by atoms with van der Waals surface area (Å²) in [5.41, 5.74) is 0. The SMILES string of the molecule is CC1=C(C)O[CH-]O1.[Y].[Y].[Y]. The maximum atomic E-state index is 4.80. The molecule has 0 aromatic carbocycles. The second-order valence-corrected chi connectivity index (χ2v) is 1.44. The molecule has 1 aliphatic heterocycles. The summed E-state index contributed by atoms with van der Waals surface area (Å²) in [6.45, 7) is 5.04. The fourth-order valence-electron chi connectivity index (χ4n) is 0.334. The van der Waals surface area contributed by atoms with Gasteiger partial charge in [-0.2, -0.15) is 0 Å². The normalized spacial score (nSPS) is 13.4. The minimum Gasteiger partial charge on any atom is -0.623 e. The number of hydrogen-bond donors (Lipinski definition) is 0. The van der Waals surface area contributed by atoms with Crippen LogP contribution in [-0.2, 0) is 108 Å². The third kappa shape index (κ3) is 6.20. The van der Waals surface area contributed by atoms with E-state index < -0.39 is 0 Å². The Balaban J connectivity index is -0.000000163. The molecule has 0 aromatic heterocycles. The molecule has 1 rings (SSSR count). The Morgan fingerprint density at radius 2 is 1.20 bits per heavy atom. The van der Waals surface area contributed by atoms with E-state index in [-0.39, 0.29) is 98.1 Å². The quantitative estimate of drug-likeness (QED) is 0.604. The van der Waals surface area contributed by atoms with Gasteiger partial charge in [0.2, 0.25) is 0 Å². The molecule has 0 aliphatic carbocycles. The van der Waals surface area contributed by atoms with E-state index in [1.807, 2.05) is 13.8 Å². The van der Waals surface area contributed by atoms with Crippen LogP contribution in [-0.4, -0.2) is 0 Å². The van der Waals surface area contributed by atoms with Crippen LogP contribution in [0.25, 0.3) is 0 Å². The third-order valence-electron chi connectivity index (χ3n) is 0.946. The zero-order valence-corrected chi connectivity index (χ0v) is 14.6. The minimum atomic E-state index is 0. The van der Waals surface area contributed by atoms with Gasteiger partial charge in [-0.25, -0.2) is 0 Å². The fraction of sp³-hybridized carbons (Fsp3) is 0.400. The Bertz CT molecular complexity index is 101. The van der Waals surface area contributed by atoms with Crippen molar-refractivity contribution in [2.45, 2.75) is 13.8 Å². The standard InChI is InChI=1S/C5H7O2.3Y/c1-4-5(2)7-3-6-4;;;/h3H,1-2H3;;;/q-1;;;. The molecule has 10 heavy (non-hydrogen) atoms. The van der Waals surface area contributed by atoms with E-state index in [2.05, 4.69) is 0 Å². The average molecular weight is 366 g/mol. The van der Waals surface area contributed by atoms with Crippen molar-refractivity contribution in [2.24, 2.45) is 0 Å². The van der Waals surface area contributed by atoms with Gasteiger partial charge in [0.25, 0.3) is 0 Å². The molecule has 0 fully saturated rings. The molecule has 0 spiro atoms. The summed E-state index contributed by atoms with van der Waals surface area (Å²) < 4.78 is 9.59. The third-order valence-corrected chi connectivity index (χ3v) is 0.946. The first kappa shape index (κ1) is 18.4. The first-order valence-corrected chi connectivity index (χ1v) is 2.13. The van der Waals surface area contributed by atoms with Crippen molar-refractivity contribution in [3.05, 3.63) is 18.3 Å². The predicted molar refractivity (Wildman–Crippen MR) is 24.8 cm³/mol. The molecule has 1 aliphatic rings. The van der Waals surface area contributed by atoms with Crippen LogP contribution in [0.4, 0.5) is 0 Å². The summed E-state index contributed by atoms with van der Waals surface area (Å²) in [5, 5.41) is 0. The van der Waals surface area contributed by atoms with Gasteiger partial charge < -0.3 is 9.47 Å². The molecule has 3 radical (unpaired) electrons. The molecule has 0 saturated carbocycles. The first-order chi connectivity index (χ1) is 3.30. The molecule has 0 N–H and O–H groups in total. The van der Waals surface area contributed by atoms with Gasteiger partial charge >= 0.3 is 0 Å². The van der Waals surface area contributed by atoms with Gasteiger partial charge in [-0.1, -0.05) is 0 Å². The average Bonchev–Trinajstić information content (AvgIpc) is 1.91. The Hall–Kier alpha value is 2.65. The van der Waals surface area contributed by atoms with Crippen LogP contribution in [0, 0.1) is 6.79 Å². The Morgan fingerprint density at radius 3 is 1.30 bits per heavy atom. The molecule has 1 heterocycles. The van der Waals surface area contributed by atoms with Gasteiger partial charge in [0.05, 0.1) is 11.5 Å². The summed E-state index contributed by atoms with van der Waals surface area (Å²) in [4.78, 5) is 0. The van der Waals surface area contributed by atoms with Gasteiger partial charge in [0.15, 0.2) is 0 Å². The Labute approximate surface area is 137 Å². The Kier molecular flexibility index (Phi) is 18.0. The second kappa shape index (κ2) is 9.74. The van der Waals surface area contributed by atoms with Gasteiger partial charge in [-0.3, -0.25) is 0 Å². The van der Waals surface area contributed by atoms with E-state index in [9.17, 15) is 0 Å². The number of hydrogen-bond acceptors (Lipinski definition) is 2. The van der Waals surface area contributed by atoms with Gasteiger partial charge in [-0.05, 0) is 13.8 Å². The maximum Gasteiger partial charge on any atom is 0.0959 e. The summed E-state index contributed by atoms with van der Waals surface area (Å²) in [7, 11) is 0. The van der Waals surface area contributed by atoms with Crippen LogP contribution in [0.2, 0.25) is 0 Å². The number of rotatable bonds is 0. The summed E-state index contributed by atoms with van der Waals surface area (Å²) in [6, 6.07) is 0. The van der Waals surface area contributed by atoms with Crippen LogP contribution < -0.4 is 0 Å². The van der Waals surface area contributed by atoms with E-state index in [1.165, 1.54) is 6.79 Å². The molecule has 0 saturated heterocycles. The first-order valence-electron chi connectivity index (χ1n) is 2.13. The predicted octanol–water partition coefficient (Wildman–Crippen LogP) is 1.40. The monoisotopic (exact) mass is 366 g/mol. The fourth-order valence-corrected chi connectivity index (χ4v) is 0.334. The van der Waals surface area contributed by atoms with E-state index in [1.54, 1.807) is 0 Å². The molecule has 0 amide bonds. The maximum absolute atomic E-state index is 4.80. The second-order valence-electron chi connectivity index (χ2n) is 1.44.